The Labute approximate surface area is 101 Å². The van der Waals surface area contributed by atoms with Gasteiger partial charge in [0.25, 0.3) is 0 Å². The molecule has 8 heteroatoms. The molecule has 3 N–H and O–H groups in total. The highest BCUT2D eigenvalue weighted by atomic mass is 19.3. The summed E-state index contributed by atoms with van der Waals surface area (Å²) in [6.07, 6.45) is -1.47. The zero-order valence-electron chi connectivity index (χ0n) is 9.52. The van der Waals surface area contributed by atoms with E-state index < -0.39 is 18.9 Å². The van der Waals surface area contributed by atoms with Crippen LogP contribution < -0.4 is 10.6 Å². The van der Waals surface area contributed by atoms with E-state index in [0.29, 0.717) is 13.0 Å². The molecular formula is C10H14F4N4. The lowest BCUT2D eigenvalue weighted by molar-refractivity contribution is -0.125. The van der Waals surface area contributed by atoms with E-state index in [1.54, 1.807) is 6.33 Å². The molecule has 1 aromatic heterocycles. The quantitative estimate of drug-likeness (QED) is 0.694. The van der Waals surface area contributed by atoms with E-state index >= 15 is 0 Å². The van der Waals surface area contributed by atoms with Crippen molar-refractivity contribution in [2.24, 2.45) is 0 Å². The van der Waals surface area contributed by atoms with Crippen LogP contribution in [0.5, 0.6) is 0 Å². The molecule has 1 atom stereocenters. The van der Waals surface area contributed by atoms with Gasteiger partial charge in [-0.2, -0.15) is 8.78 Å². The average molecular weight is 266 g/mol. The first-order valence-electron chi connectivity index (χ1n) is 5.60. The number of aromatic amines is 1. The van der Waals surface area contributed by atoms with E-state index in [9.17, 15) is 17.6 Å². The first kappa shape index (κ1) is 13.3. The molecular weight excluding hydrogens is 252 g/mol. The third-order valence-electron chi connectivity index (χ3n) is 2.89. The van der Waals surface area contributed by atoms with Gasteiger partial charge in [-0.3, -0.25) is 0 Å². The van der Waals surface area contributed by atoms with Crippen LogP contribution in [0.3, 0.4) is 0 Å². The number of rotatable bonds is 5. The molecule has 0 radical (unpaired) electrons. The van der Waals surface area contributed by atoms with Crippen LogP contribution in [0.2, 0.25) is 0 Å². The van der Waals surface area contributed by atoms with Crippen molar-refractivity contribution in [2.75, 3.05) is 13.1 Å². The molecule has 1 unspecified atom stereocenters. The van der Waals surface area contributed by atoms with E-state index in [-0.39, 0.29) is 12.6 Å². The van der Waals surface area contributed by atoms with Crippen LogP contribution in [-0.2, 0) is 13.0 Å². The monoisotopic (exact) mass is 266 g/mol. The fourth-order valence-corrected chi connectivity index (χ4v) is 1.86. The lowest BCUT2D eigenvalue weighted by Gasteiger charge is -2.24. The summed E-state index contributed by atoms with van der Waals surface area (Å²) in [6, 6.07) is -0.0747. The van der Waals surface area contributed by atoms with Gasteiger partial charge in [0.05, 0.1) is 24.3 Å². The van der Waals surface area contributed by atoms with Crippen molar-refractivity contribution in [3.05, 3.63) is 17.7 Å². The van der Waals surface area contributed by atoms with Crippen molar-refractivity contribution in [3.63, 3.8) is 0 Å². The minimum absolute atomic E-state index is 0.0747. The van der Waals surface area contributed by atoms with E-state index in [1.807, 2.05) is 0 Å². The molecule has 0 saturated heterocycles. The number of imidazole rings is 1. The molecule has 1 aliphatic heterocycles. The Bertz CT molecular complexity index is 393. The second kappa shape index (κ2) is 5.23. The number of hydrogen-bond donors (Lipinski definition) is 3. The standard InChI is InChI=1S/C10H14F4N4/c11-9(12)10(13,14)4-15-2-6-1-7-8(3-16-6)18-5-17-7/h5-6,9,15-16H,1-4H2,(H,17,18). The van der Waals surface area contributed by atoms with Gasteiger partial charge >= 0.3 is 12.3 Å². The van der Waals surface area contributed by atoms with Gasteiger partial charge in [-0.25, -0.2) is 13.8 Å². The number of nitrogens with zero attached hydrogens (tertiary/aromatic N) is 1. The molecule has 102 valence electrons. The smallest absolute Gasteiger partial charge is 0.319 e. The van der Waals surface area contributed by atoms with E-state index in [4.69, 9.17) is 0 Å². The molecule has 2 heterocycles. The molecule has 0 amide bonds. The molecule has 0 bridgehead atoms. The average Bonchev–Trinajstić information content (AvgIpc) is 2.75. The van der Waals surface area contributed by atoms with Gasteiger partial charge in [-0.1, -0.05) is 0 Å². The predicted molar refractivity (Wildman–Crippen MR) is 56.7 cm³/mol. The molecule has 4 nitrogen and oxygen atoms in total. The molecule has 1 aromatic rings. The summed E-state index contributed by atoms with van der Waals surface area (Å²) in [5.41, 5.74) is 1.87. The van der Waals surface area contributed by atoms with Gasteiger partial charge in [0.1, 0.15) is 0 Å². The molecule has 0 fully saturated rings. The van der Waals surface area contributed by atoms with Crippen LogP contribution in [-0.4, -0.2) is 41.4 Å². The van der Waals surface area contributed by atoms with E-state index in [1.165, 1.54) is 0 Å². The number of alkyl halides is 4. The topological polar surface area (TPSA) is 52.7 Å². The Morgan fingerprint density at radius 1 is 1.50 bits per heavy atom. The molecule has 0 aliphatic carbocycles. The van der Waals surface area contributed by atoms with E-state index in [0.717, 1.165) is 11.4 Å². The van der Waals surface area contributed by atoms with Gasteiger partial charge < -0.3 is 15.6 Å². The number of hydrogen-bond acceptors (Lipinski definition) is 3. The number of fused-ring (bicyclic) bond motifs is 1. The number of nitrogens with one attached hydrogen (secondary N) is 3. The maximum Gasteiger partial charge on any atom is 0.319 e. The maximum absolute atomic E-state index is 12.6. The second-order valence-corrected chi connectivity index (χ2v) is 4.30. The fourth-order valence-electron chi connectivity index (χ4n) is 1.86. The third-order valence-corrected chi connectivity index (χ3v) is 2.89. The Hall–Kier alpha value is -1.15. The maximum atomic E-state index is 12.6. The predicted octanol–water partition coefficient (Wildman–Crippen LogP) is 0.914. The second-order valence-electron chi connectivity index (χ2n) is 4.30. The molecule has 0 spiro atoms. The van der Waals surface area contributed by atoms with Crippen LogP contribution in [0.4, 0.5) is 17.6 Å². The molecule has 0 aromatic carbocycles. The first-order valence-corrected chi connectivity index (χ1v) is 5.60. The van der Waals surface area contributed by atoms with Crippen molar-refractivity contribution < 1.29 is 17.6 Å². The zero-order valence-corrected chi connectivity index (χ0v) is 9.52. The van der Waals surface area contributed by atoms with Crippen molar-refractivity contribution in [1.82, 2.24) is 20.6 Å². The minimum atomic E-state index is -3.98. The van der Waals surface area contributed by atoms with Gasteiger partial charge in [0.2, 0.25) is 0 Å². The van der Waals surface area contributed by atoms with Gasteiger partial charge in [-0.15, -0.1) is 0 Å². The normalized spacial score (nSPS) is 20.2. The van der Waals surface area contributed by atoms with Crippen molar-refractivity contribution in [1.29, 1.82) is 0 Å². The largest absolute Gasteiger partial charge is 0.347 e. The van der Waals surface area contributed by atoms with Crippen LogP contribution >= 0.6 is 0 Å². The number of aromatic nitrogens is 2. The molecule has 18 heavy (non-hydrogen) atoms. The van der Waals surface area contributed by atoms with Crippen LogP contribution in [0, 0.1) is 0 Å². The molecule has 2 rings (SSSR count). The van der Waals surface area contributed by atoms with Crippen molar-refractivity contribution >= 4 is 0 Å². The highest BCUT2D eigenvalue weighted by Gasteiger charge is 2.40. The third kappa shape index (κ3) is 2.99. The fraction of sp³-hybridized carbons (Fsp3) is 0.700. The summed E-state index contributed by atoms with van der Waals surface area (Å²) >= 11 is 0. The highest BCUT2D eigenvalue weighted by Crippen LogP contribution is 2.21. The Balaban J connectivity index is 1.76. The first-order chi connectivity index (χ1) is 8.49. The summed E-state index contributed by atoms with van der Waals surface area (Å²) in [5.74, 6) is -3.98. The Morgan fingerprint density at radius 2 is 2.28 bits per heavy atom. The molecule has 0 saturated carbocycles. The lowest BCUT2D eigenvalue weighted by Crippen LogP contribution is -2.47. The van der Waals surface area contributed by atoms with Crippen molar-refractivity contribution in [2.45, 2.75) is 31.4 Å². The van der Waals surface area contributed by atoms with E-state index in [2.05, 4.69) is 20.6 Å². The van der Waals surface area contributed by atoms with Crippen LogP contribution in [0.25, 0.3) is 0 Å². The number of H-pyrrole nitrogens is 1. The van der Waals surface area contributed by atoms with Gasteiger partial charge in [0, 0.05) is 25.6 Å². The summed E-state index contributed by atoms with van der Waals surface area (Å²) in [7, 11) is 0. The summed E-state index contributed by atoms with van der Waals surface area (Å²) in [5, 5.41) is 5.48. The SMILES string of the molecule is FC(F)C(F)(F)CNCC1Cc2nc[nH]c2CN1. The van der Waals surface area contributed by atoms with Crippen LogP contribution in [0.15, 0.2) is 6.33 Å². The van der Waals surface area contributed by atoms with Gasteiger partial charge in [-0.05, 0) is 0 Å². The summed E-state index contributed by atoms with van der Waals surface area (Å²) < 4.78 is 49.1. The Morgan fingerprint density at radius 3 is 3.00 bits per heavy atom. The molecule has 1 aliphatic rings. The van der Waals surface area contributed by atoms with Gasteiger partial charge in [0.15, 0.2) is 0 Å². The lowest BCUT2D eigenvalue weighted by atomic mass is 10.1. The summed E-state index contributed by atoms with van der Waals surface area (Å²) in [4.78, 5) is 7.06. The minimum Gasteiger partial charge on any atom is -0.347 e. The highest BCUT2D eigenvalue weighted by molar-refractivity contribution is 5.15. The van der Waals surface area contributed by atoms with Crippen molar-refractivity contribution in [3.8, 4) is 0 Å². The van der Waals surface area contributed by atoms with Crippen LogP contribution in [0.1, 0.15) is 11.4 Å². The summed E-state index contributed by atoms with van der Waals surface area (Å²) in [6.45, 7) is -0.238. The zero-order chi connectivity index (χ0) is 13.2. The Kier molecular flexibility index (Phi) is 3.86. The number of halogens is 4.